The molecule has 1 amide bonds. The summed E-state index contributed by atoms with van der Waals surface area (Å²) in [6.07, 6.45) is 0. The van der Waals surface area contributed by atoms with E-state index < -0.39 is 0 Å². The minimum atomic E-state index is -0.292. The molecule has 0 radical (unpaired) electrons. The molecular weight excluding hydrogens is 276 g/mol. The molecule has 5 nitrogen and oxygen atoms in total. The molecular formula is C14H16N2O3S. The highest BCUT2D eigenvalue weighted by molar-refractivity contribution is 7.14. The summed E-state index contributed by atoms with van der Waals surface area (Å²) in [5, 5.41) is 0. The van der Waals surface area contributed by atoms with E-state index in [4.69, 9.17) is 15.3 Å². The highest BCUT2D eigenvalue weighted by atomic mass is 32.1. The Morgan fingerprint density at radius 3 is 2.70 bits per heavy atom. The number of benzene rings is 1. The maximum Gasteiger partial charge on any atom is 0.275 e. The summed E-state index contributed by atoms with van der Waals surface area (Å²) in [7, 11) is 0. The summed E-state index contributed by atoms with van der Waals surface area (Å²) in [6.45, 7) is 2.95. The van der Waals surface area contributed by atoms with Crippen molar-refractivity contribution in [3.63, 3.8) is 0 Å². The van der Waals surface area contributed by atoms with Gasteiger partial charge in [-0.2, -0.15) is 0 Å². The fourth-order valence-electron chi connectivity index (χ4n) is 1.62. The molecule has 0 bridgehead atoms. The fraction of sp³-hybridized carbons (Fsp3) is 0.214. The van der Waals surface area contributed by atoms with Gasteiger partial charge in [-0.25, -0.2) is 5.84 Å². The molecule has 106 valence electrons. The standard InChI is InChI=1S/C14H16N2O3S/c1-2-18-10-4-3-5-11(8-10)19-9-12-6-7-13(20-12)14(17)16-15/h3-8H,2,9,15H2,1H3,(H,16,17). The molecule has 1 aromatic carbocycles. The quantitative estimate of drug-likeness (QED) is 0.487. The number of nitrogens with two attached hydrogens (primary N) is 1. The summed E-state index contributed by atoms with van der Waals surface area (Å²) < 4.78 is 11.1. The molecule has 0 saturated carbocycles. The number of amides is 1. The van der Waals surface area contributed by atoms with Gasteiger partial charge in [0.05, 0.1) is 11.5 Å². The van der Waals surface area contributed by atoms with Crippen LogP contribution >= 0.6 is 11.3 Å². The van der Waals surface area contributed by atoms with E-state index in [1.165, 1.54) is 11.3 Å². The summed E-state index contributed by atoms with van der Waals surface area (Å²) in [5.74, 6) is 6.30. The second-order valence-electron chi connectivity index (χ2n) is 3.94. The Bertz CT molecular complexity index is 583. The van der Waals surface area contributed by atoms with E-state index in [1.807, 2.05) is 37.3 Å². The van der Waals surface area contributed by atoms with Crippen LogP contribution in [0.15, 0.2) is 36.4 Å². The highest BCUT2D eigenvalue weighted by Gasteiger charge is 2.08. The predicted molar refractivity (Wildman–Crippen MR) is 77.9 cm³/mol. The fourth-order valence-corrected chi connectivity index (χ4v) is 2.45. The minimum absolute atomic E-state index is 0.292. The first-order chi connectivity index (χ1) is 9.72. The van der Waals surface area contributed by atoms with Crippen LogP contribution < -0.4 is 20.7 Å². The van der Waals surface area contributed by atoms with Crippen molar-refractivity contribution in [2.75, 3.05) is 6.61 Å². The van der Waals surface area contributed by atoms with E-state index in [0.29, 0.717) is 18.1 Å². The van der Waals surface area contributed by atoms with Crippen molar-refractivity contribution in [3.05, 3.63) is 46.2 Å². The number of nitrogen functional groups attached to an aromatic ring is 1. The summed E-state index contributed by atoms with van der Waals surface area (Å²) in [4.78, 5) is 12.8. The molecule has 0 spiro atoms. The molecule has 3 N–H and O–H groups in total. The van der Waals surface area contributed by atoms with Crippen LogP contribution in [0, 0.1) is 0 Å². The summed E-state index contributed by atoms with van der Waals surface area (Å²) >= 11 is 1.35. The second kappa shape index (κ2) is 6.93. The normalized spacial score (nSPS) is 10.1. The van der Waals surface area contributed by atoms with Crippen molar-refractivity contribution in [2.24, 2.45) is 5.84 Å². The Labute approximate surface area is 121 Å². The number of carbonyl (C=O) groups is 1. The van der Waals surface area contributed by atoms with Crippen molar-refractivity contribution in [3.8, 4) is 11.5 Å². The lowest BCUT2D eigenvalue weighted by molar-refractivity contribution is 0.0957. The number of hydrogen-bond donors (Lipinski definition) is 2. The summed E-state index contributed by atoms with van der Waals surface area (Å²) in [6, 6.07) is 11.0. The van der Waals surface area contributed by atoms with Gasteiger partial charge in [-0.3, -0.25) is 10.2 Å². The lowest BCUT2D eigenvalue weighted by atomic mass is 10.3. The zero-order valence-electron chi connectivity index (χ0n) is 11.1. The van der Waals surface area contributed by atoms with Crippen LogP contribution in [0.4, 0.5) is 0 Å². The van der Waals surface area contributed by atoms with Gasteiger partial charge in [-0.05, 0) is 31.2 Å². The molecule has 0 saturated heterocycles. The van der Waals surface area contributed by atoms with Gasteiger partial charge in [0.25, 0.3) is 5.91 Å². The topological polar surface area (TPSA) is 73.6 Å². The van der Waals surface area contributed by atoms with Gasteiger partial charge in [-0.1, -0.05) is 6.07 Å². The van der Waals surface area contributed by atoms with Crippen molar-refractivity contribution in [1.82, 2.24) is 5.43 Å². The SMILES string of the molecule is CCOc1cccc(OCc2ccc(C(=O)NN)s2)c1. The van der Waals surface area contributed by atoms with E-state index in [1.54, 1.807) is 6.07 Å². The molecule has 1 aromatic heterocycles. The average molecular weight is 292 g/mol. The van der Waals surface area contributed by atoms with Gasteiger partial charge in [0.2, 0.25) is 0 Å². The molecule has 0 unspecified atom stereocenters. The molecule has 1 heterocycles. The zero-order chi connectivity index (χ0) is 14.4. The second-order valence-corrected chi connectivity index (χ2v) is 5.10. The molecule has 6 heteroatoms. The lowest BCUT2D eigenvalue weighted by Gasteiger charge is -2.07. The van der Waals surface area contributed by atoms with Crippen LogP contribution in [-0.4, -0.2) is 12.5 Å². The zero-order valence-corrected chi connectivity index (χ0v) is 11.9. The first-order valence-corrected chi connectivity index (χ1v) is 7.00. The van der Waals surface area contributed by atoms with Crippen LogP contribution in [0.5, 0.6) is 11.5 Å². The van der Waals surface area contributed by atoms with Gasteiger partial charge in [0.1, 0.15) is 18.1 Å². The average Bonchev–Trinajstić information content (AvgIpc) is 2.94. The molecule has 0 aliphatic carbocycles. The van der Waals surface area contributed by atoms with E-state index in [0.717, 1.165) is 16.4 Å². The maximum absolute atomic E-state index is 11.3. The molecule has 0 fully saturated rings. The van der Waals surface area contributed by atoms with Crippen LogP contribution in [0.25, 0.3) is 0 Å². The molecule has 2 aromatic rings. The third-order valence-corrected chi connectivity index (χ3v) is 3.57. The number of carbonyl (C=O) groups excluding carboxylic acids is 1. The lowest BCUT2D eigenvalue weighted by Crippen LogP contribution is -2.29. The Morgan fingerprint density at radius 2 is 2.00 bits per heavy atom. The molecule has 0 atom stereocenters. The number of nitrogens with one attached hydrogen (secondary N) is 1. The van der Waals surface area contributed by atoms with Crippen LogP contribution in [0.3, 0.4) is 0 Å². The number of hydrazine groups is 1. The van der Waals surface area contributed by atoms with E-state index in [-0.39, 0.29) is 5.91 Å². The smallest absolute Gasteiger partial charge is 0.275 e. The van der Waals surface area contributed by atoms with Gasteiger partial charge in [0.15, 0.2) is 0 Å². The monoisotopic (exact) mass is 292 g/mol. The first kappa shape index (κ1) is 14.4. The molecule has 20 heavy (non-hydrogen) atoms. The van der Waals surface area contributed by atoms with Crippen LogP contribution in [0.2, 0.25) is 0 Å². The van der Waals surface area contributed by atoms with Crippen LogP contribution in [-0.2, 0) is 6.61 Å². The molecule has 2 rings (SSSR count). The van der Waals surface area contributed by atoms with Gasteiger partial charge in [0, 0.05) is 10.9 Å². The van der Waals surface area contributed by atoms with Crippen LogP contribution in [0.1, 0.15) is 21.5 Å². The molecule has 0 aliphatic rings. The first-order valence-electron chi connectivity index (χ1n) is 6.18. The van der Waals surface area contributed by atoms with Crippen molar-refractivity contribution < 1.29 is 14.3 Å². The van der Waals surface area contributed by atoms with Crippen molar-refractivity contribution >= 4 is 17.2 Å². The van der Waals surface area contributed by atoms with Gasteiger partial charge < -0.3 is 9.47 Å². The third kappa shape index (κ3) is 3.72. The predicted octanol–water partition coefficient (Wildman–Crippen LogP) is 2.33. The van der Waals surface area contributed by atoms with Gasteiger partial charge in [-0.15, -0.1) is 11.3 Å². The van der Waals surface area contributed by atoms with E-state index >= 15 is 0 Å². The van der Waals surface area contributed by atoms with Crippen molar-refractivity contribution in [1.29, 1.82) is 0 Å². The summed E-state index contributed by atoms with van der Waals surface area (Å²) in [5.41, 5.74) is 2.10. The van der Waals surface area contributed by atoms with Crippen molar-refractivity contribution in [2.45, 2.75) is 13.5 Å². The highest BCUT2D eigenvalue weighted by Crippen LogP contribution is 2.22. The molecule has 0 aliphatic heterocycles. The maximum atomic E-state index is 11.3. The Morgan fingerprint density at radius 1 is 1.25 bits per heavy atom. The van der Waals surface area contributed by atoms with E-state index in [9.17, 15) is 4.79 Å². The van der Waals surface area contributed by atoms with Gasteiger partial charge >= 0.3 is 0 Å². The van der Waals surface area contributed by atoms with E-state index in [2.05, 4.69) is 5.43 Å². The largest absolute Gasteiger partial charge is 0.494 e. The Balaban J connectivity index is 1.96. The Hall–Kier alpha value is -2.05. The third-order valence-electron chi connectivity index (χ3n) is 2.51. The number of rotatable bonds is 6. The number of thiophene rings is 1. The minimum Gasteiger partial charge on any atom is -0.494 e. The Kier molecular flexibility index (Phi) is 4.97. The number of ether oxygens (including phenoxy) is 2. The number of hydrogen-bond acceptors (Lipinski definition) is 5.